The van der Waals surface area contributed by atoms with E-state index in [0.29, 0.717) is 26.1 Å². The number of fused-ring (bicyclic) bond motifs is 1. The minimum absolute atomic E-state index is 0.0199. The number of amides is 2. The number of nitrogens with one attached hydrogen (secondary N) is 2. The van der Waals surface area contributed by atoms with Gasteiger partial charge in [0.2, 0.25) is 0 Å². The van der Waals surface area contributed by atoms with Crippen molar-refractivity contribution >= 4 is 6.03 Å². The van der Waals surface area contributed by atoms with Gasteiger partial charge in [0.25, 0.3) is 0 Å². The van der Waals surface area contributed by atoms with Crippen LogP contribution in [0.3, 0.4) is 0 Å². The van der Waals surface area contributed by atoms with Crippen molar-refractivity contribution in [1.29, 1.82) is 0 Å². The fourth-order valence-corrected chi connectivity index (χ4v) is 3.63. The van der Waals surface area contributed by atoms with E-state index in [0.717, 1.165) is 18.4 Å². The van der Waals surface area contributed by atoms with Gasteiger partial charge in [-0.15, -0.1) is 0 Å². The Morgan fingerprint density at radius 2 is 2.04 bits per heavy atom. The molecule has 1 fully saturated rings. The lowest BCUT2D eigenvalue weighted by molar-refractivity contribution is -0.143. The average Bonchev–Trinajstić information content (AvgIpc) is 3.11. The predicted octanol–water partition coefficient (Wildman–Crippen LogP) is 2.86. The molecular weight excluding hydrogens is 319 g/mol. The molecule has 1 aromatic carbocycles. The number of urea groups is 1. The normalized spacial score (nSPS) is 24.0. The number of carbonyl (C=O) groups excluding carboxylic acids is 1. The third kappa shape index (κ3) is 4.41. The van der Waals surface area contributed by atoms with Crippen LogP contribution in [0, 0.1) is 5.92 Å². The van der Waals surface area contributed by atoms with Gasteiger partial charge in [0.1, 0.15) is 0 Å². The van der Waals surface area contributed by atoms with E-state index in [1.54, 1.807) is 0 Å². The predicted molar refractivity (Wildman–Crippen MR) is 84.6 cm³/mol. The molecule has 24 heavy (non-hydrogen) atoms. The smallest absolute Gasteiger partial charge is 0.338 e. The summed E-state index contributed by atoms with van der Waals surface area (Å²) < 4.78 is 37.1. The van der Waals surface area contributed by atoms with Crippen molar-refractivity contribution in [2.75, 3.05) is 26.2 Å². The molecule has 0 bridgehead atoms. The first-order valence-electron chi connectivity index (χ1n) is 8.32. The second-order valence-electron chi connectivity index (χ2n) is 6.65. The third-order valence-electron chi connectivity index (χ3n) is 4.76. The molecule has 1 saturated heterocycles. The van der Waals surface area contributed by atoms with E-state index in [-0.39, 0.29) is 18.0 Å². The Hall–Kier alpha value is -1.76. The summed E-state index contributed by atoms with van der Waals surface area (Å²) in [6, 6.07) is 7.83. The van der Waals surface area contributed by atoms with Crippen molar-refractivity contribution in [2.45, 2.75) is 31.5 Å². The maximum atomic E-state index is 12.4. The monoisotopic (exact) mass is 341 g/mol. The van der Waals surface area contributed by atoms with Crippen LogP contribution in [-0.4, -0.2) is 43.3 Å². The van der Waals surface area contributed by atoms with E-state index in [1.807, 2.05) is 18.2 Å². The number of likely N-dealkylation sites (tertiary alicyclic amines) is 1. The van der Waals surface area contributed by atoms with Crippen molar-refractivity contribution in [3.05, 3.63) is 35.4 Å². The van der Waals surface area contributed by atoms with Crippen LogP contribution in [0.15, 0.2) is 24.3 Å². The highest BCUT2D eigenvalue weighted by Gasteiger charge is 2.34. The standard InChI is InChI=1S/C17H22F3N3O/c18-17(19,20)11-23-8-7-12(10-23)9-21-16(24)22-15-6-5-13-3-1-2-4-14(13)15/h1-4,12,15H,5-11H2,(H2,21,22,24)/t12-,15-/m0/s1. The zero-order chi connectivity index (χ0) is 17.2. The molecule has 132 valence electrons. The number of alkyl halides is 3. The lowest BCUT2D eigenvalue weighted by Crippen LogP contribution is -2.40. The van der Waals surface area contributed by atoms with Crippen molar-refractivity contribution in [2.24, 2.45) is 5.92 Å². The van der Waals surface area contributed by atoms with Crippen LogP contribution in [-0.2, 0) is 6.42 Å². The van der Waals surface area contributed by atoms with Gasteiger partial charge in [0, 0.05) is 13.1 Å². The Labute approximate surface area is 139 Å². The zero-order valence-electron chi connectivity index (χ0n) is 13.4. The Morgan fingerprint density at radius 1 is 1.25 bits per heavy atom. The van der Waals surface area contributed by atoms with Crippen LogP contribution >= 0.6 is 0 Å². The number of carbonyl (C=O) groups is 1. The van der Waals surface area contributed by atoms with Gasteiger partial charge in [-0.1, -0.05) is 24.3 Å². The Bertz CT molecular complexity index is 591. The van der Waals surface area contributed by atoms with Crippen molar-refractivity contribution < 1.29 is 18.0 Å². The number of hydrogen-bond donors (Lipinski definition) is 2. The molecule has 0 saturated carbocycles. The molecule has 0 radical (unpaired) electrons. The lowest BCUT2D eigenvalue weighted by atomic mass is 10.1. The number of hydrogen-bond acceptors (Lipinski definition) is 2. The minimum atomic E-state index is -4.16. The molecule has 2 aliphatic rings. The Kier molecular flexibility index (Phi) is 4.99. The third-order valence-corrected chi connectivity index (χ3v) is 4.76. The number of aryl methyl sites for hydroxylation is 1. The number of halogens is 3. The Balaban J connectivity index is 1.41. The van der Waals surface area contributed by atoms with Gasteiger partial charge in [0.05, 0.1) is 12.6 Å². The summed E-state index contributed by atoms with van der Waals surface area (Å²) in [7, 11) is 0. The summed E-state index contributed by atoms with van der Waals surface area (Å²) in [5, 5.41) is 5.77. The summed E-state index contributed by atoms with van der Waals surface area (Å²) in [6.45, 7) is 0.360. The van der Waals surface area contributed by atoms with Gasteiger partial charge in [-0.25, -0.2) is 4.79 Å². The molecule has 1 heterocycles. The first-order valence-corrected chi connectivity index (χ1v) is 8.32. The summed E-state index contributed by atoms with van der Waals surface area (Å²) in [6.07, 6.45) is -1.64. The minimum Gasteiger partial charge on any atom is -0.338 e. The first-order chi connectivity index (χ1) is 11.4. The van der Waals surface area contributed by atoms with Crippen LogP contribution in [0.4, 0.5) is 18.0 Å². The molecule has 4 nitrogen and oxygen atoms in total. The van der Waals surface area contributed by atoms with Gasteiger partial charge in [-0.3, -0.25) is 4.90 Å². The number of rotatable bonds is 4. The molecule has 1 aromatic rings. The summed E-state index contributed by atoms with van der Waals surface area (Å²) in [4.78, 5) is 13.5. The van der Waals surface area contributed by atoms with Gasteiger partial charge in [-0.05, 0) is 42.9 Å². The summed E-state index contributed by atoms with van der Waals surface area (Å²) >= 11 is 0. The molecule has 0 spiro atoms. The molecule has 1 aliphatic carbocycles. The van der Waals surface area contributed by atoms with Crippen molar-refractivity contribution in [3.63, 3.8) is 0 Å². The fourth-order valence-electron chi connectivity index (χ4n) is 3.63. The number of nitrogens with zero attached hydrogens (tertiary/aromatic N) is 1. The van der Waals surface area contributed by atoms with Crippen molar-refractivity contribution in [3.8, 4) is 0 Å². The highest BCUT2D eigenvalue weighted by molar-refractivity contribution is 5.74. The largest absolute Gasteiger partial charge is 0.401 e. The molecule has 7 heteroatoms. The molecule has 2 N–H and O–H groups in total. The molecule has 3 rings (SSSR count). The second kappa shape index (κ2) is 7.01. The van der Waals surface area contributed by atoms with Gasteiger partial charge in [-0.2, -0.15) is 13.2 Å². The van der Waals surface area contributed by atoms with Crippen LogP contribution in [0.2, 0.25) is 0 Å². The molecule has 0 aromatic heterocycles. The van der Waals surface area contributed by atoms with Crippen molar-refractivity contribution in [1.82, 2.24) is 15.5 Å². The van der Waals surface area contributed by atoms with E-state index in [2.05, 4.69) is 16.7 Å². The SMILES string of the molecule is O=C(NC[C@@H]1CCN(CC(F)(F)F)C1)N[C@H]1CCc2ccccc21. The number of benzene rings is 1. The van der Waals surface area contributed by atoms with E-state index < -0.39 is 12.7 Å². The quantitative estimate of drug-likeness (QED) is 0.884. The van der Waals surface area contributed by atoms with Crippen LogP contribution in [0.1, 0.15) is 30.0 Å². The van der Waals surface area contributed by atoms with Crippen LogP contribution < -0.4 is 10.6 Å². The van der Waals surface area contributed by atoms with Crippen LogP contribution in [0.5, 0.6) is 0 Å². The lowest BCUT2D eigenvalue weighted by Gasteiger charge is -2.19. The van der Waals surface area contributed by atoms with E-state index in [1.165, 1.54) is 10.5 Å². The summed E-state index contributed by atoms with van der Waals surface area (Å²) in [5.41, 5.74) is 2.42. The molecule has 2 atom stereocenters. The molecule has 2 amide bonds. The highest BCUT2D eigenvalue weighted by Crippen LogP contribution is 2.30. The fraction of sp³-hybridized carbons (Fsp3) is 0.588. The van der Waals surface area contributed by atoms with E-state index in [9.17, 15) is 18.0 Å². The first kappa shape index (κ1) is 17.1. The van der Waals surface area contributed by atoms with Gasteiger partial charge in [0.15, 0.2) is 0 Å². The maximum absolute atomic E-state index is 12.4. The van der Waals surface area contributed by atoms with Crippen LogP contribution in [0.25, 0.3) is 0 Å². The maximum Gasteiger partial charge on any atom is 0.401 e. The Morgan fingerprint density at radius 3 is 2.83 bits per heavy atom. The molecule has 0 unspecified atom stereocenters. The zero-order valence-corrected chi connectivity index (χ0v) is 13.4. The van der Waals surface area contributed by atoms with E-state index in [4.69, 9.17) is 0 Å². The highest BCUT2D eigenvalue weighted by atomic mass is 19.4. The topological polar surface area (TPSA) is 44.4 Å². The van der Waals surface area contributed by atoms with Gasteiger partial charge < -0.3 is 10.6 Å². The molecule has 1 aliphatic heterocycles. The van der Waals surface area contributed by atoms with Gasteiger partial charge >= 0.3 is 12.2 Å². The molecular formula is C17H22F3N3O. The van der Waals surface area contributed by atoms with E-state index >= 15 is 0 Å². The second-order valence-corrected chi connectivity index (χ2v) is 6.65. The summed E-state index contributed by atoms with van der Waals surface area (Å²) in [5.74, 6) is 0.0777. The average molecular weight is 341 g/mol.